The van der Waals surface area contributed by atoms with Crippen molar-refractivity contribution in [1.29, 1.82) is 0 Å². The van der Waals surface area contributed by atoms with Crippen molar-refractivity contribution in [2.45, 2.75) is 25.8 Å². The quantitative estimate of drug-likeness (QED) is 0.784. The van der Waals surface area contributed by atoms with Crippen molar-refractivity contribution < 1.29 is 4.79 Å². The second-order valence-electron chi connectivity index (χ2n) is 4.10. The molecule has 0 atom stereocenters. The Morgan fingerprint density at radius 2 is 2.17 bits per heavy atom. The van der Waals surface area contributed by atoms with Crippen molar-refractivity contribution >= 4 is 27.5 Å². The van der Waals surface area contributed by atoms with Gasteiger partial charge in [-0.25, -0.2) is 4.98 Å². The molecule has 1 aromatic heterocycles. The van der Waals surface area contributed by atoms with E-state index in [1.807, 2.05) is 24.3 Å². The molecule has 0 fully saturated rings. The molecule has 96 valence electrons. The monoisotopic (exact) mass is 263 g/mol. The topological polar surface area (TPSA) is 68.0 Å². The second-order valence-corrected chi connectivity index (χ2v) is 5.21. The third-order valence-corrected chi connectivity index (χ3v) is 3.67. The van der Waals surface area contributed by atoms with E-state index in [-0.39, 0.29) is 5.91 Å². The third-order valence-electron chi connectivity index (χ3n) is 2.63. The minimum absolute atomic E-state index is 0.0720. The minimum Gasteiger partial charge on any atom is -0.350 e. The van der Waals surface area contributed by atoms with Crippen LogP contribution in [0.2, 0.25) is 0 Å². The number of aromatic nitrogens is 1. The lowest BCUT2D eigenvalue weighted by Crippen LogP contribution is -2.22. The van der Waals surface area contributed by atoms with Crippen LogP contribution < -0.4 is 11.1 Å². The third kappa shape index (κ3) is 3.51. The fourth-order valence-corrected chi connectivity index (χ4v) is 2.60. The number of amides is 1. The van der Waals surface area contributed by atoms with E-state index in [1.165, 1.54) is 0 Å². The van der Waals surface area contributed by atoms with Gasteiger partial charge in [0.25, 0.3) is 0 Å². The van der Waals surface area contributed by atoms with Crippen LogP contribution in [-0.4, -0.2) is 17.4 Å². The molecule has 3 N–H and O–H groups in total. The van der Waals surface area contributed by atoms with Gasteiger partial charge in [-0.2, -0.15) is 0 Å². The summed E-state index contributed by atoms with van der Waals surface area (Å²) in [6.07, 6.45) is 2.29. The molecule has 4 nitrogen and oxygen atoms in total. The molecule has 0 aliphatic heterocycles. The minimum atomic E-state index is 0.0720. The molecule has 1 aromatic carbocycles. The number of hydrogen-bond donors (Lipinski definition) is 2. The molecule has 0 bridgehead atoms. The van der Waals surface area contributed by atoms with E-state index in [4.69, 9.17) is 5.73 Å². The van der Waals surface area contributed by atoms with Gasteiger partial charge < -0.3 is 11.1 Å². The molecule has 18 heavy (non-hydrogen) atoms. The van der Waals surface area contributed by atoms with Crippen LogP contribution in [0.4, 0.5) is 0 Å². The standard InChI is InChI=1S/C13H17N3OS/c14-8-4-3-7-12(17)15-9-13-16-10-5-1-2-6-11(10)18-13/h1-2,5-6H,3-4,7-9,14H2,(H,15,17). The van der Waals surface area contributed by atoms with Crippen molar-refractivity contribution in [2.24, 2.45) is 5.73 Å². The summed E-state index contributed by atoms with van der Waals surface area (Å²) < 4.78 is 1.16. The Morgan fingerprint density at radius 3 is 2.94 bits per heavy atom. The van der Waals surface area contributed by atoms with Gasteiger partial charge in [0.15, 0.2) is 0 Å². The summed E-state index contributed by atoms with van der Waals surface area (Å²) >= 11 is 1.62. The fraction of sp³-hybridized carbons (Fsp3) is 0.385. The summed E-state index contributed by atoms with van der Waals surface area (Å²) in [5.74, 6) is 0.0720. The van der Waals surface area contributed by atoms with E-state index < -0.39 is 0 Å². The highest BCUT2D eigenvalue weighted by Crippen LogP contribution is 2.21. The lowest BCUT2D eigenvalue weighted by atomic mass is 10.2. The Morgan fingerprint density at radius 1 is 1.33 bits per heavy atom. The van der Waals surface area contributed by atoms with Crippen LogP contribution in [0, 0.1) is 0 Å². The predicted molar refractivity (Wildman–Crippen MR) is 74.4 cm³/mol. The number of hydrogen-bond acceptors (Lipinski definition) is 4. The van der Waals surface area contributed by atoms with Gasteiger partial charge >= 0.3 is 0 Å². The van der Waals surface area contributed by atoms with E-state index >= 15 is 0 Å². The smallest absolute Gasteiger partial charge is 0.220 e. The van der Waals surface area contributed by atoms with Gasteiger partial charge in [0.05, 0.1) is 16.8 Å². The Kier molecular flexibility index (Phi) is 4.66. The Hall–Kier alpha value is -1.46. The molecule has 1 amide bonds. The van der Waals surface area contributed by atoms with Gasteiger partial charge in [-0.05, 0) is 31.5 Å². The zero-order chi connectivity index (χ0) is 12.8. The molecule has 0 radical (unpaired) electrons. The number of fused-ring (bicyclic) bond motifs is 1. The van der Waals surface area contributed by atoms with E-state index in [2.05, 4.69) is 10.3 Å². The number of nitrogens with zero attached hydrogens (tertiary/aromatic N) is 1. The summed E-state index contributed by atoms with van der Waals surface area (Å²) in [6.45, 7) is 1.16. The first-order chi connectivity index (χ1) is 8.79. The van der Waals surface area contributed by atoms with Crippen LogP contribution in [-0.2, 0) is 11.3 Å². The highest BCUT2D eigenvalue weighted by Gasteiger charge is 2.05. The number of para-hydroxylation sites is 1. The normalized spacial score (nSPS) is 10.7. The molecule has 2 aromatic rings. The summed E-state index contributed by atoms with van der Waals surface area (Å²) in [4.78, 5) is 16.0. The van der Waals surface area contributed by atoms with Crippen molar-refractivity contribution in [2.75, 3.05) is 6.54 Å². The molecule has 0 spiro atoms. The van der Waals surface area contributed by atoms with E-state index in [1.54, 1.807) is 11.3 Å². The van der Waals surface area contributed by atoms with Crippen LogP contribution in [0.5, 0.6) is 0 Å². The van der Waals surface area contributed by atoms with E-state index in [0.29, 0.717) is 19.5 Å². The number of thiazole rings is 1. The maximum atomic E-state index is 11.5. The molecule has 0 saturated carbocycles. The number of nitrogens with one attached hydrogen (secondary N) is 1. The van der Waals surface area contributed by atoms with Gasteiger partial charge in [-0.1, -0.05) is 12.1 Å². The first-order valence-corrected chi connectivity index (χ1v) is 6.92. The van der Waals surface area contributed by atoms with Crippen molar-refractivity contribution in [3.63, 3.8) is 0 Å². The maximum absolute atomic E-state index is 11.5. The highest BCUT2D eigenvalue weighted by molar-refractivity contribution is 7.18. The maximum Gasteiger partial charge on any atom is 0.220 e. The Bertz CT molecular complexity index is 491. The number of carbonyl (C=O) groups is 1. The van der Waals surface area contributed by atoms with Gasteiger partial charge in [0.2, 0.25) is 5.91 Å². The Labute approximate surface area is 110 Å². The number of carbonyl (C=O) groups excluding carboxylic acids is 1. The molecule has 0 aliphatic rings. The van der Waals surface area contributed by atoms with Crippen LogP contribution in [0.15, 0.2) is 24.3 Å². The summed E-state index contributed by atoms with van der Waals surface area (Å²) in [6, 6.07) is 7.99. The van der Waals surface area contributed by atoms with E-state index in [9.17, 15) is 4.79 Å². The number of unbranched alkanes of at least 4 members (excludes halogenated alkanes) is 1. The van der Waals surface area contributed by atoms with Crippen LogP contribution in [0.25, 0.3) is 10.2 Å². The highest BCUT2D eigenvalue weighted by atomic mass is 32.1. The number of nitrogens with two attached hydrogens (primary N) is 1. The van der Waals surface area contributed by atoms with E-state index in [0.717, 1.165) is 28.1 Å². The lowest BCUT2D eigenvalue weighted by Gasteiger charge is -2.01. The van der Waals surface area contributed by atoms with Gasteiger partial charge in [0.1, 0.15) is 5.01 Å². The zero-order valence-corrected chi connectivity index (χ0v) is 11.0. The average molecular weight is 263 g/mol. The summed E-state index contributed by atoms with van der Waals surface area (Å²) in [7, 11) is 0. The predicted octanol–water partition coefficient (Wildman–Crippen LogP) is 2.04. The zero-order valence-electron chi connectivity index (χ0n) is 10.2. The van der Waals surface area contributed by atoms with Gasteiger partial charge in [-0.3, -0.25) is 4.79 Å². The molecule has 0 aliphatic carbocycles. The molecule has 0 saturated heterocycles. The van der Waals surface area contributed by atoms with Crippen molar-refractivity contribution in [3.8, 4) is 0 Å². The first-order valence-electron chi connectivity index (χ1n) is 6.11. The van der Waals surface area contributed by atoms with Crippen LogP contribution >= 0.6 is 11.3 Å². The summed E-state index contributed by atoms with van der Waals surface area (Å²) in [5.41, 5.74) is 6.38. The lowest BCUT2D eigenvalue weighted by molar-refractivity contribution is -0.121. The number of benzene rings is 1. The van der Waals surface area contributed by atoms with Crippen LogP contribution in [0.3, 0.4) is 0 Å². The largest absolute Gasteiger partial charge is 0.350 e. The molecular weight excluding hydrogens is 246 g/mol. The van der Waals surface area contributed by atoms with Gasteiger partial charge in [-0.15, -0.1) is 11.3 Å². The molecular formula is C13H17N3OS. The molecule has 1 heterocycles. The van der Waals surface area contributed by atoms with Crippen molar-refractivity contribution in [1.82, 2.24) is 10.3 Å². The molecule has 5 heteroatoms. The molecule has 2 rings (SSSR count). The van der Waals surface area contributed by atoms with Gasteiger partial charge in [0, 0.05) is 6.42 Å². The molecule has 0 unspecified atom stereocenters. The van der Waals surface area contributed by atoms with Crippen molar-refractivity contribution in [3.05, 3.63) is 29.3 Å². The SMILES string of the molecule is NCCCCC(=O)NCc1nc2ccccc2s1. The summed E-state index contributed by atoms with van der Waals surface area (Å²) in [5, 5.41) is 3.83. The Balaban J connectivity index is 1.84. The van der Waals surface area contributed by atoms with Crippen LogP contribution in [0.1, 0.15) is 24.3 Å². The number of rotatable bonds is 6. The fourth-order valence-electron chi connectivity index (χ4n) is 1.69. The average Bonchev–Trinajstić information content (AvgIpc) is 2.79. The first kappa shape index (κ1) is 13.0. The second kappa shape index (κ2) is 6.47.